The number of rotatable bonds is 4. The van der Waals surface area contributed by atoms with Crippen LogP contribution in [0.15, 0.2) is 18.5 Å². The van der Waals surface area contributed by atoms with Crippen molar-refractivity contribution in [2.45, 2.75) is 33.8 Å². The Morgan fingerprint density at radius 1 is 1.10 bits per heavy atom. The van der Waals surface area contributed by atoms with Crippen molar-refractivity contribution >= 4 is 17.3 Å². The zero-order valence-electron chi connectivity index (χ0n) is 12.5. The third-order valence-corrected chi connectivity index (χ3v) is 3.00. The van der Waals surface area contributed by atoms with Gasteiger partial charge in [0, 0.05) is 5.02 Å². The predicted molar refractivity (Wildman–Crippen MR) is 83.2 cm³/mol. The van der Waals surface area contributed by atoms with Gasteiger partial charge >= 0.3 is 0 Å². The number of hydrogen-bond acceptors (Lipinski definition) is 5. The standard InChI is InChI=1S/C15H18ClN3O2/c1-8(2)20-14-12(17)15(19-7-18-14)21-13-9(3)5-11(16)6-10(13)4/h5-8H,17H2,1-4H3. The molecule has 1 heterocycles. The summed E-state index contributed by atoms with van der Waals surface area (Å²) in [6.07, 6.45) is 1.33. The van der Waals surface area contributed by atoms with Crippen molar-refractivity contribution in [3.8, 4) is 17.5 Å². The van der Waals surface area contributed by atoms with Crippen LogP contribution in [0.25, 0.3) is 0 Å². The number of ether oxygens (including phenoxy) is 2. The summed E-state index contributed by atoms with van der Waals surface area (Å²) in [5, 5.41) is 0.664. The van der Waals surface area contributed by atoms with Gasteiger partial charge in [-0.05, 0) is 51.0 Å². The third-order valence-electron chi connectivity index (χ3n) is 2.78. The van der Waals surface area contributed by atoms with E-state index in [1.807, 2.05) is 39.8 Å². The van der Waals surface area contributed by atoms with Gasteiger partial charge in [-0.25, -0.2) is 0 Å². The molecule has 1 aromatic heterocycles. The van der Waals surface area contributed by atoms with Crippen LogP contribution in [0.4, 0.5) is 5.69 Å². The van der Waals surface area contributed by atoms with Crippen molar-refractivity contribution < 1.29 is 9.47 Å². The quantitative estimate of drug-likeness (QED) is 0.927. The fraction of sp³-hybridized carbons (Fsp3) is 0.333. The minimum absolute atomic E-state index is 0.0333. The van der Waals surface area contributed by atoms with Gasteiger partial charge < -0.3 is 15.2 Å². The molecule has 2 N–H and O–H groups in total. The van der Waals surface area contributed by atoms with Crippen LogP contribution in [0.2, 0.25) is 5.02 Å². The van der Waals surface area contributed by atoms with E-state index < -0.39 is 0 Å². The molecule has 0 aliphatic carbocycles. The van der Waals surface area contributed by atoms with Gasteiger partial charge in [0.15, 0.2) is 5.69 Å². The van der Waals surface area contributed by atoms with Crippen molar-refractivity contribution in [2.75, 3.05) is 5.73 Å². The molecule has 5 nitrogen and oxygen atoms in total. The topological polar surface area (TPSA) is 70.3 Å². The molecule has 0 bridgehead atoms. The maximum absolute atomic E-state index is 6.01. The van der Waals surface area contributed by atoms with E-state index >= 15 is 0 Å². The fourth-order valence-electron chi connectivity index (χ4n) is 1.92. The Balaban J connectivity index is 2.36. The maximum atomic E-state index is 6.01. The van der Waals surface area contributed by atoms with Gasteiger partial charge in [0.05, 0.1) is 6.10 Å². The van der Waals surface area contributed by atoms with Crippen molar-refractivity contribution in [3.63, 3.8) is 0 Å². The van der Waals surface area contributed by atoms with Crippen molar-refractivity contribution in [1.82, 2.24) is 9.97 Å². The van der Waals surface area contributed by atoms with E-state index in [9.17, 15) is 0 Å². The molecule has 0 saturated carbocycles. The Morgan fingerprint density at radius 3 is 2.24 bits per heavy atom. The molecule has 2 rings (SSSR count). The highest BCUT2D eigenvalue weighted by Crippen LogP contribution is 2.35. The first-order valence-corrected chi connectivity index (χ1v) is 6.98. The lowest BCUT2D eigenvalue weighted by atomic mass is 10.1. The number of anilines is 1. The van der Waals surface area contributed by atoms with Gasteiger partial charge in [-0.2, -0.15) is 9.97 Å². The molecule has 112 valence electrons. The lowest BCUT2D eigenvalue weighted by Gasteiger charge is -2.15. The normalized spacial score (nSPS) is 10.8. The summed E-state index contributed by atoms with van der Waals surface area (Å²) in [5.74, 6) is 1.27. The van der Waals surface area contributed by atoms with E-state index in [-0.39, 0.29) is 17.7 Å². The van der Waals surface area contributed by atoms with Gasteiger partial charge in [0.25, 0.3) is 0 Å². The van der Waals surface area contributed by atoms with Gasteiger partial charge in [-0.3, -0.25) is 0 Å². The van der Waals surface area contributed by atoms with Crippen molar-refractivity contribution in [3.05, 3.63) is 34.6 Å². The number of nitrogens with two attached hydrogens (primary N) is 1. The molecule has 1 aromatic carbocycles. The van der Waals surface area contributed by atoms with Crippen LogP contribution in [-0.2, 0) is 0 Å². The Bertz CT molecular complexity index is 636. The SMILES string of the molecule is Cc1cc(Cl)cc(C)c1Oc1ncnc(OC(C)C)c1N. The number of nitrogens with zero attached hydrogens (tertiary/aromatic N) is 2. The number of aryl methyl sites for hydroxylation is 2. The van der Waals surface area contributed by atoms with E-state index in [1.54, 1.807) is 0 Å². The molecular formula is C15H18ClN3O2. The largest absolute Gasteiger partial charge is 0.473 e. The second-order valence-corrected chi connectivity index (χ2v) is 5.47. The summed E-state index contributed by atoms with van der Waals surface area (Å²) >= 11 is 6.01. The number of halogens is 1. The number of benzene rings is 1. The Kier molecular flexibility index (Phi) is 4.53. The monoisotopic (exact) mass is 307 g/mol. The highest BCUT2D eigenvalue weighted by molar-refractivity contribution is 6.30. The zero-order valence-corrected chi connectivity index (χ0v) is 13.2. The highest BCUT2D eigenvalue weighted by Gasteiger charge is 2.15. The minimum atomic E-state index is -0.0333. The number of aromatic nitrogens is 2. The fourth-order valence-corrected chi connectivity index (χ4v) is 2.25. The summed E-state index contributed by atoms with van der Waals surface area (Å²) in [4.78, 5) is 8.10. The first-order valence-electron chi connectivity index (χ1n) is 6.60. The Hall–Kier alpha value is -2.01. The number of hydrogen-bond donors (Lipinski definition) is 1. The summed E-state index contributed by atoms with van der Waals surface area (Å²) in [6.45, 7) is 7.62. The van der Waals surface area contributed by atoms with Gasteiger partial charge in [0.1, 0.15) is 12.1 Å². The lowest BCUT2D eigenvalue weighted by Crippen LogP contribution is -2.10. The molecular weight excluding hydrogens is 290 g/mol. The van der Waals surface area contributed by atoms with E-state index in [4.69, 9.17) is 26.8 Å². The smallest absolute Gasteiger partial charge is 0.249 e. The molecule has 0 amide bonds. The summed E-state index contributed by atoms with van der Waals surface area (Å²) in [5.41, 5.74) is 8.10. The van der Waals surface area contributed by atoms with Crippen LogP contribution in [-0.4, -0.2) is 16.1 Å². The second-order valence-electron chi connectivity index (χ2n) is 5.04. The first-order chi connectivity index (χ1) is 9.88. The predicted octanol–water partition coefficient (Wildman–Crippen LogP) is 3.91. The van der Waals surface area contributed by atoms with Crippen LogP contribution in [0, 0.1) is 13.8 Å². The van der Waals surface area contributed by atoms with Crippen LogP contribution in [0.1, 0.15) is 25.0 Å². The molecule has 0 saturated heterocycles. The van der Waals surface area contributed by atoms with Crippen molar-refractivity contribution in [1.29, 1.82) is 0 Å². The van der Waals surface area contributed by atoms with Gasteiger partial charge in [-0.1, -0.05) is 11.6 Å². The molecule has 21 heavy (non-hydrogen) atoms. The second kappa shape index (κ2) is 6.18. The molecule has 2 aromatic rings. The first kappa shape index (κ1) is 15.4. The van der Waals surface area contributed by atoms with E-state index in [0.717, 1.165) is 11.1 Å². The van der Waals surface area contributed by atoms with Crippen LogP contribution in [0.3, 0.4) is 0 Å². The average Bonchev–Trinajstić information content (AvgIpc) is 2.37. The number of nitrogen functional groups attached to an aromatic ring is 1. The summed E-state index contributed by atoms with van der Waals surface area (Å²) < 4.78 is 11.4. The van der Waals surface area contributed by atoms with Gasteiger partial charge in [0.2, 0.25) is 11.8 Å². The highest BCUT2D eigenvalue weighted by atomic mass is 35.5. The van der Waals surface area contributed by atoms with E-state index in [1.165, 1.54) is 6.33 Å². The maximum Gasteiger partial charge on any atom is 0.249 e. The molecule has 0 spiro atoms. The van der Waals surface area contributed by atoms with E-state index in [0.29, 0.717) is 16.7 Å². The zero-order chi connectivity index (χ0) is 15.6. The Morgan fingerprint density at radius 2 is 1.67 bits per heavy atom. The molecule has 0 aliphatic heterocycles. The average molecular weight is 308 g/mol. The Labute approximate surface area is 129 Å². The lowest BCUT2D eigenvalue weighted by molar-refractivity contribution is 0.232. The third kappa shape index (κ3) is 3.55. The summed E-state index contributed by atoms with van der Waals surface area (Å²) in [7, 11) is 0. The van der Waals surface area contributed by atoms with Crippen LogP contribution < -0.4 is 15.2 Å². The molecule has 0 unspecified atom stereocenters. The van der Waals surface area contributed by atoms with Crippen LogP contribution in [0.5, 0.6) is 17.5 Å². The summed E-state index contributed by atoms with van der Waals surface area (Å²) in [6, 6.07) is 3.65. The molecule has 0 fully saturated rings. The minimum Gasteiger partial charge on any atom is -0.473 e. The molecule has 0 atom stereocenters. The molecule has 0 aliphatic rings. The van der Waals surface area contributed by atoms with Crippen LogP contribution >= 0.6 is 11.6 Å². The van der Waals surface area contributed by atoms with Crippen molar-refractivity contribution in [2.24, 2.45) is 0 Å². The molecule has 6 heteroatoms. The van der Waals surface area contributed by atoms with E-state index in [2.05, 4.69) is 9.97 Å². The molecule has 0 radical (unpaired) electrons. The van der Waals surface area contributed by atoms with Gasteiger partial charge in [-0.15, -0.1) is 0 Å².